The van der Waals surface area contributed by atoms with Gasteiger partial charge in [0.1, 0.15) is 6.73 Å². The molecule has 1 saturated heterocycles. The highest BCUT2D eigenvalue weighted by molar-refractivity contribution is 5.58. The van der Waals surface area contributed by atoms with Crippen molar-refractivity contribution in [2.45, 2.75) is 20.8 Å². The van der Waals surface area contributed by atoms with Crippen molar-refractivity contribution < 1.29 is 9.47 Å². The average Bonchev–Trinajstić information content (AvgIpc) is 2.98. The van der Waals surface area contributed by atoms with Gasteiger partial charge in [-0.3, -0.25) is 0 Å². The van der Waals surface area contributed by atoms with E-state index in [-0.39, 0.29) is 0 Å². The molecule has 118 valence electrons. The number of ether oxygens (including phenoxy) is 2. The number of methoxy groups -OCH3 is 1. The SMILES string of the molecule is C=CCOC.CCN(c1c(C)cccc1C)N1CCOC1. The highest BCUT2D eigenvalue weighted by Crippen LogP contribution is 2.26. The van der Waals surface area contributed by atoms with Gasteiger partial charge in [0.15, 0.2) is 0 Å². The Kier molecular flexibility index (Phi) is 8.05. The van der Waals surface area contributed by atoms with Crippen molar-refractivity contribution in [1.29, 1.82) is 0 Å². The summed E-state index contributed by atoms with van der Waals surface area (Å²) in [5.74, 6) is 0. The molecule has 1 aromatic rings. The van der Waals surface area contributed by atoms with E-state index < -0.39 is 0 Å². The second-order valence-corrected chi connectivity index (χ2v) is 4.97. The van der Waals surface area contributed by atoms with E-state index in [1.54, 1.807) is 13.2 Å². The van der Waals surface area contributed by atoms with Gasteiger partial charge in [-0.2, -0.15) is 5.01 Å². The van der Waals surface area contributed by atoms with Crippen LogP contribution in [0.5, 0.6) is 0 Å². The zero-order valence-corrected chi connectivity index (χ0v) is 13.8. The van der Waals surface area contributed by atoms with Crippen LogP contribution in [-0.4, -0.2) is 45.2 Å². The van der Waals surface area contributed by atoms with Crippen molar-refractivity contribution in [3.63, 3.8) is 0 Å². The number of hydrogen-bond acceptors (Lipinski definition) is 4. The Morgan fingerprint density at radius 2 is 2.05 bits per heavy atom. The lowest BCUT2D eigenvalue weighted by molar-refractivity contribution is 0.134. The fraction of sp³-hybridized carbons (Fsp3) is 0.529. The van der Waals surface area contributed by atoms with Crippen LogP contribution in [0.4, 0.5) is 5.69 Å². The molecule has 1 aliphatic rings. The van der Waals surface area contributed by atoms with Crippen molar-refractivity contribution in [2.24, 2.45) is 0 Å². The van der Waals surface area contributed by atoms with Gasteiger partial charge in [0.05, 0.1) is 18.9 Å². The van der Waals surface area contributed by atoms with Gasteiger partial charge >= 0.3 is 0 Å². The number of benzene rings is 1. The van der Waals surface area contributed by atoms with E-state index in [9.17, 15) is 0 Å². The maximum absolute atomic E-state index is 5.43. The van der Waals surface area contributed by atoms with Crippen molar-refractivity contribution in [3.8, 4) is 0 Å². The molecule has 1 aromatic carbocycles. The molecule has 1 heterocycles. The van der Waals surface area contributed by atoms with E-state index in [0.29, 0.717) is 13.3 Å². The van der Waals surface area contributed by atoms with Gasteiger partial charge in [-0.25, -0.2) is 0 Å². The third-order valence-electron chi connectivity index (χ3n) is 3.36. The molecule has 0 aromatic heterocycles. The van der Waals surface area contributed by atoms with E-state index in [2.05, 4.69) is 60.3 Å². The second kappa shape index (κ2) is 9.55. The molecule has 1 aliphatic heterocycles. The molecule has 0 atom stereocenters. The smallest absolute Gasteiger partial charge is 0.116 e. The first kappa shape index (κ1) is 17.7. The summed E-state index contributed by atoms with van der Waals surface area (Å²) in [7, 11) is 1.64. The van der Waals surface area contributed by atoms with Crippen LogP contribution >= 0.6 is 0 Å². The summed E-state index contributed by atoms with van der Waals surface area (Å²) in [5.41, 5.74) is 3.98. The molecule has 0 N–H and O–H groups in total. The van der Waals surface area contributed by atoms with E-state index in [0.717, 1.165) is 19.7 Å². The molecule has 0 amide bonds. The molecular weight excluding hydrogens is 264 g/mol. The van der Waals surface area contributed by atoms with Crippen molar-refractivity contribution >= 4 is 5.69 Å². The molecule has 0 aliphatic carbocycles. The molecule has 0 radical (unpaired) electrons. The maximum atomic E-state index is 5.43. The van der Waals surface area contributed by atoms with Crippen molar-refractivity contribution in [1.82, 2.24) is 5.01 Å². The van der Waals surface area contributed by atoms with Crippen LogP contribution in [0.1, 0.15) is 18.1 Å². The predicted octanol–water partition coefficient (Wildman–Crippen LogP) is 3.15. The largest absolute Gasteiger partial charge is 0.381 e. The van der Waals surface area contributed by atoms with Crippen molar-refractivity contribution in [3.05, 3.63) is 42.0 Å². The molecule has 0 saturated carbocycles. The molecule has 0 spiro atoms. The van der Waals surface area contributed by atoms with E-state index in [4.69, 9.17) is 4.74 Å². The Morgan fingerprint density at radius 3 is 2.43 bits per heavy atom. The Hall–Kier alpha value is -1.36. The molecule has 1 fully saturated rings. The lowest BCUT2D eigenvalue weighted by Gasteiger charge is -2.33. The fourth-order valence-electron chi connectivity index (χ4n) is 2.42. The minimum atomic E-state index is 0.653. The molecule has 2 rings (SSSR count). The number of nitrogens with zero attached hydrogens (tertiary/aromatic N) is 2. The summed E-state index contributed by atoms with van der Waals surface area (Å²) in [4.78, 5) is 0. The van der Waals surface area contributed by atoms with E-state index in [1.807, 2.05) is 0 Å². The van der Waals surface area contributed by atoms with Gasteiger partial charge in [-0.1, -0.05) is 24.3 Å². The normalized spacial score (nSPS) is 14.5. The Bertz CT molecular complexity index is 409. The summed E-state index contributed by atoms with van der Waals surface area (Å²) in [6, 6.07) is 6.45. The first-order chi connectivity index (χ1) is 10.2. The summed E-state index contributed by atoms with van der Waals surface area (Å²) >= 11 is 0. The van der Waals surface area contributed by atoms with Crippen LogP contribution < -0.4 is 5.01 Å². The number of hydrogen-bond donors (Lipinski definition) is 0. The van der Waals surface area contributed by atoms with Crippen LogP contribution in [0.25, 0.3) is 0 Å². The van der Waals surface area contributed by atoms with Gasteiger partial charge in [0.2, 0.25) is 0 Å². The molecule has 4 nitrogen and oxygen atoms in total. The fourth-order valence-corrected chi connectivity index (χ4v) is 2.42. The highest BCUT2D eigenvalue weighted by atomic mass is 16.5. The van der Waals surface area contributed by atoms with E-state index in [1.165, 1.54) is 16.8 Å². The summed E-state index contributed by atoms with van der Waals surface area (Å²) in [6.07, 6.45) is 1.71. The monoisotopic (exact) mass is 292 g/mol. The first-order valence-electron chi connectivity index (χ1n) is 7.41. The summed E-state index contributed by atoms with van der Waals surface area (Å²) in [5, 5.41) is 4.60. The van der Waals surface area contributed by atoms with Crippen LogP contribution in [0, 0.1) is 13.8 Å². The average molecular weight is 292 g/mol. The van der Waals surface area contributed by atoms with Crippen LogP contribution in [0.15, 0.2) is 30.9 Å². The molecule has 0 bridgehead atoms. The van der Waals surface area contributed by atoms with Crippen LogP contribution in [-0.2, 0) is 9.47 Å². The molecule has 21 heavy (non-hydrogen) atoms. The standard InChI is InChI=1S/C13H20N2O.C4H8O/c1-4-15(14-8-9-16-10-14)13-11(2)6-5-7-12(13)3;1-3-4-5-2/h5-7H,4,8-10H2,1-3H3;3H,1,4H2,2H3. The minimum Gasteiger partial charge on any atom is -0.381 e. The number of anilines is 1. The number of rotatable bonds is 5. The lowest BCUT2D eigenvalue weighted by Crippen LogP contribution is -2.41. The topological polar surface area (TPSA) is 24.9 Å². The molecular formula is C17H28N2O2. The Balaban J connectivity index is 0.000000383. The molecule has 0 unspecified atom stereocenters. The zero-order valence-electron chi connectivity index (χ0n) is 13.8. The predicted molar refractivity (Wildman–Crippen MR) is 88.5 cm³/mol. The van der Waals surface area contributed by atoms with Gasteiger partial charge < -0.3 is 14.5 Å². The second-order valence-electron chi connectivity index (χ2n) is 4.97. The zero-order chi connectivity index (χ0) is 15.7. The number of para-hydroxylation sites is 1. The van der Waals surface area contributed by atoms with Gasteiger partial charge in [0, 0.05) is 20.2 Å². The van der Waals surface area contributed by atoms with Crippen LogP contribution in [0.3, 0.4) is 0 Å². The number of aryl methyl sites for hydroxylation is 2. The van der Waals surface area contributed by atoms with Gasteiger partial charge in [-0.15, -0.1) is 6.58 Å². The third kappa shape index (κ3) is 5.16. The van der Waals surface area contributed by atoms with Crippen molar-refractivity contribution in [2.75, 3.05) is 45.2 Å². The highest BCUT2D eigenvalue weighted by Gasteiger charge is 2.21. The van der Waals surface area contributed by atoms with Gasteiger partial charge in [0.25, 0.3) is 0 Å². The molecule has 4 heteroatoms. The first-order valence-corrected chi connectivity index (χ1v) is 7.41. The Labute approximate surface area is 128 Å². The minimum absolute atomic E-state index is 0.653. The lowest BCUT2D eigenvalue weighted by atomic mass is 10.1. The summed E-state index contributed by atoms with van der Waals surface area (Å²) in [6.45, 7) is 14.1. The quantitative estimate of drug-likeness (QED) is 0.778. The van der Waals surface area contributed by atoms with E-state index >= 15 is 0 Å². The Morgan fingerprint density at radius 1 is 1.38 bits per heavy atom. The third-order valence-corrected chi connectivity index (χ3v) is 3.36. The number of hydrazine groups is 1. The van der Waals surface area contributed by atoms with Gasteiger partial charge in [-0.05, 0) is 31.9 Å². The summed E-state index contributed by atoms with van der Waals surface area (Å²) < 4.78 is 10.00. The maximum Gasteiger partial charge on any atom is 0.116 e. The van der Waals surface area contributed by atoms with Crippen LogP contribution in [0.2, 0.25) is 0 Å².